The Morgan fingerprint density at radius 1 is 1.46 bits per heavy atom. The molecule has 76 valence electrons. The summed E-state index contributed by atoms with van der Waals surface area (Å²) in [5, 5.41) is 0. The molecule has 0 amide bonds. The molecule has 0 atom stereocenters. The zero-order valence-electron chi connectivity index (χ0n) is 7.95. The van der Waals surface area contributed by atoms with E-state index in [9.17, 15) is 8.42 Å². The van der Waals surface area contributed by atoms with Crippen LogP contribution in [-0.4, -0.2) is 26.5 Å². The Hall–Kier alpha value is -0.510. The van der Waals surface area contributed by atoms with Crippen LogP contribution in [0.1, 0.15) is 19.8 Å². The minimum atomic E-state index is -2.76. The van der Waals surface area contributed by atoms with Crippen LogP contribution in [0.15, 0.2) is 12.8 Å². The van der Waals surface area contributed by atoms with Gasteiger partial charge in [0.15, 0.2) is 0 Å². The lowest BCUT2D eigenvalue weighted by atomic mass is 9.85. The molecule has 0 N–H and O–H groups in total. The summed E-state index contributed by atoms with van der Waals surface area (Å²) in [7, 11) is -2.76. The fourth-order valence-corrected chi connectivity index (χ4v) is 3.25. The molecule has 0 aromatic heterocycles. The molecule has 4 heteroatoms. The molecule has 0 spiro atoms. The van der Waals surface area contributed by atoms with Crippen molar-refractivity contribution in [3.8, 4) is 0 Å². The SMILES string of the molecule is C=COCC1(C)CCS(=O)(=O)CC1. The van der Waals surface area contributed by atoms with E-state index >= 15 is 0 Å². The molecule has 0 aliphatic carbocycles. The van der Waals surface area contributed by atoms with Crippen molar-refractivity contribution >= 4 is 9.84 Å². The predicted octanol–water partition coefficient (Wildman–Crippen LogP) is 1.36. The Balaban J connectivity index is 2.51. The van der Waals surface area contributed by atoms with E-state index < -0.39 is 9.84 Å². The number of sulfone groups is 1. The Morgan fingerprint density at radius 3 is 2.46 bits per heavy atom. The van der Waals surface area contributed by atoms with E-state index in [0.29, 0.717) is 31.0 Å². The molecule has 1 fully saturated rings. The zero-order valence-corrected chi connectivity index (χ0v) is 8.77. The molecule has 1 aliphatic heterocycles. The molecule has 1 heterocycles. The van der Waals surface area contributed by atoms with Gasteiger partial charge in [0.25, 0.3) is 0 Å². The molecular formula is C9H16O3S. The maximum absolute atomic E-state index is 11.2. The molecule has 0 radical (unpaired) electrons. The van der Waals surface area contributed by atoms with E-state index in [-0.39, 0.29) is 5.41 Å². The smallest absolute Gasteiger partial charge is 0.150 e. The first-order valence-corrected chi connectivity index (χ1v) is 6.23. The molecule has 0 saturated carbocycles. The third-order valence-electron chi connectivity index (χ3n) is 2.58. The van der Waals surface area contributed by atoms with Gasteiger partial charge in [-0.2, -0.15) is 0 Å². The van der Waals surface area contributed by atoms with Gasteiger partial charge in [-0.1, -0.05) is 13.5 Å². The average Bonchev–Trinajstić information content (AvgIpc) is 2.08. The van der Waals surface area contributed by atoms with E-state index in [4.69, 9.17) is 4.74 Å². The first kappa shape index (κ1) is 10.6. The van der Waals surface area contributed by atoms with Crippen LogP contribution in [-0.2, 0) is 14.6 Å². The van der Waals surface area contributed by atoms with Crippen molar-refractivity contribution in [2.75, 3.05) is 18.1 Å². The van der Waals surface area contributed by atoms with Crippen molar-refractivity contribution in [1.29, 1.82) is 0 Å². The normalized spacial score (nSPS) is 25.0. The highest BCUT2D eigenvalue weighted by molar-refractivity contribution is 7.91. The maximum atomic E-state index is 11.2. The van der Waals surface area contributed by atoms with Crippen molar-refractivity contribution < 1.29 is 13.2 Å². The quantitative estimate of drug-likeness (QED) is 0.652. The fourth-order valence-electron chi connectivity index (χ4n) is 1.44. The Labute approximate surface area is 79.7 Å². The van der Waals surface area contributed by atoms with Crippen molar-refractivity contribution in [2.45, 2.75) is 19.8 Å². The number of rotatable bonds is 3. The molecule has 0 aromatic carbocycles. The van der Waals surface area contributed by atoms with Crippen LogP contribution in [0, 0.1) is 5.41 Å². The highest BCUT2D eigenvalue weighted by Gasteiger charge is 2.33. The number of ether oxygens (including phenoxy) is 1. The fraction of sp³-hybridized carbons (Fsp3) is 0.778. The summed E-state index contributed by atoms with van der Waals surface area (Å²) in [6, 6.07) is 0. The standard InChI is InChI=1S/C9H16O3S/c1-3-12-8-9(2)4-6-13(10,11)7-5-9/h3H,1,4-8H2,2H3. The van der Waals surface area contributed by atoms with E-state index in [1.165, 1.54) is 6.26 Å². The minimum Gasteiger partial charge on any atom is -0.501 e. The lowest BCUT2D eigenvalue weighted by Crippen LogP contribution is -2.34. The number of hydrogen-bond donors (Lipinski definition) is 0. The second-order valence-electron chi connectivity index (χ2n) is 3.94. The molecule has 1 aliphatic rings. The van der Waals surface area contributed by atoms with E-state index in [1.807, 2.05) is 0 Å². The van der Waals surface area contributed by atoms with Gasteiger partial charge in [-0.3, -0.25) is 0 Å². The van der Waals surface area contributed by atoms with Gasteiger partial charge in [-0.05, 0) is 12.8 Å². The summed E-state index contributed by atoms with van der Waals surface area (Å²) < 4.78 is 27.4. The molecular weight excluding hydrogens is 188 g/mol. The molecule has 0 bridgehead atoms. The van der Waals surface area contributed by atoms with Crippen LogP contribution < -0.4 is 0 Å². The highest BCUT2D eigenvalue weighted by atomic mass is 32.2. The predicted molar refractivity (Wildman–Crippen MR) is 52.1 cm³/mol. The summed E-state index contributed by atoms with van der Waals surface area (Å²) in [5.41, 5.74) is 0.0134. The first-order valence-electron chi connectivity index (χ1n) is 4.40. The summed E-state index contributed by atoms with van der Waals surface area (Å²) in [4.78, 5) is 0. The van der Waals surface area contributed by atoms with E-state index in [1.54, 1.807) is 0 Å². The Morgan fingerprint density at radius 2 is 2.00 bits per heavy atom. The molecule has 0 aromatic rings. The van der Waals surface area contributed by atoms with Crippen molar-refractivity contribution in [1.82, 2.24) is 0 Å². The second kappa shape index (κ2) is 3.70. The Kier molecular flexibility index (Phi) is 3.01. The maximum Gasteiger partial charge on any atom is 0.150 e. The number of hydrogen-bond acceptors (Lipinski definition) is 3. The van der Waals surface area contributed by atoms with Crippen molar-refractivity contribution in [2.24, 2.45) is 5.41 Å². The van der Waals surface area contributed by atoms with Gasteiger partial charge in [-0.15, -0.1) is 0 Å². The van der Waals surface area contributed by atoms with E-state index in [0.717, 1.165) is 0 Å². The monoisotopic (exact) mass is 204 g/mol. The zero-order chi connectivity index (χ0) is 9.95. The van der Waals surface area contributed by atoms with Gasteiger partial charge in [0.2, 0.25) is 0 Å². The van der Waals surface area contributed by atoms with Gasteiger partial charge >= 0.3 is 0 Å². The van der Waals surface area contributed by atoms with Crippen LogP contribution in [0.3, 0.4) is 0 Å². The average molecular weight is 204 g/mol. The van der Waals surface area contributed by atoms with Gasteiger partial charge in [0, 0.05) is 5.41 Å². The van der Waals surface area contributed by atoms with E-state index in [2.05, 4.69) is 13.5 Å². The molecule has 0 unspecified atom stereocenters. The third-order valence-corrected chi connectivity index (χ3v) is 4.24. The summed E-state index contributed by atoms with van der Waals surface area (Å²) in [5.74, 6) is 0.591. The summed E-state index contributed by atoms with van der Waals surface area (Å²) in [6.07, 6.45) is 2.81. The van der Waals surface area contributed by atoms with Gasteiger partial charge in [0.1, 0.15) is 9.84 Å². The molecule has 1 rings (SSSR count). The summed E-state index contributed by atoms with van der Waals surface area (Å²) in [6.45, 7) is 6.10. The van der Waals surface area contributed by atoms with Crippen LogP contribution in [0.25, 0.3) is 0 Å². The lowest BCUT2D eigenvalue weighted by Gasteiger charge is -2.32. The third kappa shape index (κ3) is 3.03. The highest BCUT2D eigenvalue weighted by Crippen LogP contribution is 2.32. The minimum absolute atomic E-state index is 0.0134. The second-order valence-corrected chi connectivity index (χ2v) is 6.24. The van der Waals surface area contributed by atoms with Crippen LogP contribution in [0.2, 0.25) is 0 Å². The van der Waals surface area contributed by atoms with Crippen LogP contribution in [0.4, 0.5) is 0 Å². The molecule has 13 heavy (non-hydrogen) atoms. The van der Waals surface area contributed by atoms with Crippen molar-refractivity contribution in [3.05, 3.63) is 12.8 Å². The topological polar surface area (TPSA) is 43.4 Å². The molecule has 1 saturated heterocycles. The van der Waals surface area contributed by atoms with Crippen LogP contribution in [0.5, 0.6) is 0 Å². The van der Waals surface area contributed by atoms with Crippen LogP contribution >= 0.6 is 0 Å². The molecule has 3 nitrogen and oxygen atoms in total. The summed E-state index contributed by atoms with van der Waals surface area (Å²) >= 11 is 0. The largest absolute Gasteiger partial charge is 0.501 e. The first-order chi connectivity index (χ1) is 5.97. The van der Waals surface area contributed by atoms with Gasteiger partial charge in [-0.25, -0.2) is 8.42 Å². The van der Waals surface area contributed by atoms with Gasteiger partial charge in [0.05, 0.1) is 24.4 Å². The Bertz CT molecular complexity index is 265. The van der Waals surface area contributed by atoms with Gasteiger partial charge < -0.3 is 4.74 Å². The lowest BCUT2D eigenvalue weighted by molar-refractivity contribution is 0.113. The van der Waals surface area contributed by atoms with Crippen molar-refractivity contribution in [3.63, 3.8) is 0 Å².